The van der Waals surface area contributed by atoms with Gasteiger partial charge in [-0.2, -0.15) is 0 Å². The molecule has 0 spiro atoms. The van der Waals surface area contributed by atoms with E-state index in [1.54, 1.807) is 13.8 Å². The maximum Gasteiger partial charge on any atom is 0.152 e. The van der Waals surface area contributed by atoms with E-state index < -0.39 is 9.84 Å². The highest BCUT2D eigenvalue weighted by molar-refractivity contribution is 7.91. The van der Waals surface area contributed by atoms with Crippen LogP contribution in [0.2, 0.25) is 0 Å². The molecular formula is C13H27NO2S. The molecular weight excluding hydrogens is 234 g/mol. The predicted octanol–water partition coefficient (Wildman–Crippen LogP) is 2.35. The second-order valence-electron chi connectivity index (χ2n) is 6.54. The van der Waals surface area contributed by atoms with Crippen molar-refractivity contribution in [1.29, 1.82) is 0 Å². The van der Waals surface area contributed by atoms with E-state index in [1.807, 2.05) is 0 Å². The number of hydrogen-bond donors (Lipinski definition) is 1. The summed E-state index contributed by atoms with van der Waals surface area (Å²) in [5, 5.41) is -0.268. The van der Waals surface area contributed by atoms with E-state index in [4.69, 9.17) is 5.73 Å². The minimum atomic E-state index is -2.91. The average Bonchev–Trinajstić information content (AvgIpc) is 2.19. The van der Waals surface area contributed by atoms with Gasteiger partial charge in [0, 0.05) is 6.04 Å². The quantitative estimate of drug-likeness (QED) is 0.845. The Kier molecular flexibility index (Phi) is 4.64. The third-order valence-corrected chi connectivity index (χ3v) is 6.31. The topological polar surface area (TPSA) is 60.2 Å². The monoisotopic (exact) mass is 261 g/mol. The minimum Gasteiger partial charge on any atom is -0.327 e. The van der Waals surface area contributed by atoms with E-state index in [1.165, 1.54) is 0 Å². The highest BCUT2D eigenvalue weighted by Crippen LogP contribution is 2.39. The van der Waals surface area contributed by atoms with Gasteiger partial charge in [0.2, 0.25) is 0 Å². The number of rotatable bonds is 4. The lowest BCUT2D eigenvalue weighted by Crippen LogP contribution is -2.40. The molecule has 0 aromatic heterocycles. The Hall–Kier alpha value is -0.0900. The Morgan fingerprint density at radius 2 is 1.94 bits per heavy atom. The highest BCUT2D eigenvalue weighted by atomic mass is 32.2. The summed E-state index contributed by atoms with van der Waals surface area (Å²) in [6.45, 7) is 8.01. The van der Waals surface area contributed by atoms with Crippen LogP contribution < -0.4 is 5.73 Å². The number of nitrogens with two attached hydrogens (primary N) is 1. The summed E-state index contributed by atoms with van der Waals surface area (Å²) in [6, 6.07) is 0.186. The lowest BCUT2D eigenvalue weighted by Gasteiger charge is -2.39. The summed E-state index contributed by atoms with van der Waals surface area (Å²) in [7, 11) is -2.91. The number of sulfone groups is 1. The first-order valence-corrected chi connectivity index (χ1v) is 8.33. The average molecular weight is 261 g/mol. The van der Waals surface area contributed by atoms with Crippen molar-refractivity contribution in [3.05, 3.63) is 0 Å². The highest BCUT2D eigenvalue weighted by Gasteiger charge is 2.33. The van der Waals surface area contributed by atoms with Crippen LogP contribution in [0.5, 0.6) is 0 Å². The predicted molar refractivity (Wildman–Crippen MR) is 72.6 cm³/mol. The van der Waals surface area contributed by atoms with Gasteiger partial charge in [-0.1, -0.05) is 13.8 Å². The van der Waals surface area contributed by atoms with Crippen molar-refractivity contribution in [2.24, 2.45) is 17.1 Å². The SMILES string of the molecule is CC(C)S(=O)(=O)CCC1CC(C)(C)CCC1N. The van der Waals surface area contributed by atoms with Crippen LogP contribution in [0.3, 0.4) is 0 Å². The zero-order chi connectivity index (χ0) is 13.3. The molecule has 0 bridgehead atoms. The fourth-order valence-corrected chi connectivity index (χ4v) is 3.73. The van der Waals surface area contributed by atoms with Gasteiger partial charge in [0.05, 0.1) is 11.0 Å². The fourth-order valence-electron chi connectivity index (χ4n) is 2.62. The third kappa shape index (κ3) is 4.25. The van der Waals surface area contributed by atoms with Crippen molar-refractivity contribution in [2.75, 3.05) is 5.75 Å². The molecule has 2 atom stereocenters. The van der Waals surface area contributed by atoms with Crippen LogP contribution in [0.1, 0.15) is 53.4 Å². The molecule has 0 aromatic rings. The van der Waals surface area contributed by atoms with Gasteiger partial charge in [-0.3, -0.25) is 0 Å². The molecule has 1 aliphatic carbocycles. The van der Waals surface area contributed by atoms with Gasteiger partial charge in [0.15, 0.2) is 9.84 Å². The molecule has 17 heavy (non-hydrogen) atoms. The summed E-state index contributed by atoms with van der Waals surface area (Å²) in [5.74, 6) is 0.659. The van der Waals surface area contributed by atoms with Crippen LogP contribution in [0.25, 0.3) is 0 Å². The molecule has 2 N–H and O–H groups in total. The molecule has 1 aliphatic rings. The van der Waals surface area contributed by atoms with Crippen molar-refractivity contribution >= 4 is 9.84 Å². The molecule has 0 heterocycles. The molecule has 0 aromatic carbocycles. The summed E-state index contributed by atoms with van der Waals surface area (Å²) in [6.07, 6.45) is 3.97. The molecule has 1 saturated carbocycles. The van der Waals surface area contributed by atoms with Gasteiger partial charge in [0.25, 0.3) is 0 Å². The number of hydrogen-bond acceptors (Lipinski definition) is 3. The Labute approximate surface area is 106 Å². The van der Waals surface area contributed by atoms with E-state index in [0.717, 1.165) is 25.7 Å². The van der Waals surface area contributed by atoms with Gasteiger partial charge in [-0.05, 0) is 50.9 Å². The third-order valence-electron chi connectivity index (χ3n) is 4.07. The Bertz CT molecular complexity index is 346. The minimum absolute atomic E-state index is 0.186. The first kappa shape index (κ1) is 15.0. The summed E-state index contributed by atoms with van der Waals surface area (Å²) >= 11 is 0. The summed E-state index contributed by atoms with van der Waals surface area (Å²) in [4.78, 5) is 0. The van der Waals surface area contributed by atoms with Crippen LogP contribution in [0.4, 0.5) is 0 Å². The van der Waals surface area contributed by atoms with E-state index in [9.17, 15) is 8.42 Å². The summed E-state index contributed by atoms with van der Waals surface area (Å²) in [5.41, 5.74) is 6.43. The molecule has 0 saturated heterocycles. The Morgan fingerprint density at radius 3 is 2.47 bits per heavy atom. The van der Waals surface area contributed by atoms with Crippen LogP contribution in [0.15, 0.2) is 0 Å². The standard InChI is InChI=1S/C13H27NO2S/c1-10(2)17(15,16)8-6-11-9-13(3,4)7-5-12(11)14/h10-12H,5-9,14H2,1-4H3. The van der Waals surface area contributed by atoms with E-state index in [2.05, 4.69) is 13.8 Å². The smallest absolute Gasteiger partial charge is 0.152 e. The molecule has 0 aliphatic heterocycles. The molecule has 3 nitrogen and oxygen atoms in total. The maximum atomic E-state index is 11.8. The zero-order valence-electron chi connectivity index (χ0n) is 11.6. The largest absolute Gasteiger partial charge is 0.327 e. The molecule has 1 fully saturated rings. The molecule has 1 rings (SSSR count). The van der Waals surface area contributed by atoms with Crippen molar-refractivity contribution in [3.8, 4) is 0 Å². The molecule has 102 valence electrons. The van der Waals surface area contributed by atoms with Crippen LogP contribution in [-0.2, 0) is 9.84 Å². The van der Waals surface area contributed by atoms with Crippen LogP contribution in [0, 0.1) is 11.3 Å². The summed E-state index contributed by atoms with van der Waals surface area (Å²) < 4.78 is 23.6. The fraction of sp³-hybridized carbons (Fsp3) is 1.00. The Balaban J connectivity index is 2.56. The maximum absolute atomic E-state index is 11.8. The molecule has 0 radical (unpaired) electrons. The lowest BCUT2D eigenvalue weighted by molar-refractivity contribution is 0.155. The second kappa shape index (κ2) is 5.27. The van der Waals surface area contributed by atoms with Crippen molar-refractivity contribution in [1.82, 2.24) is 0 Å². The van der Waals surface area contributed by atoms with Crippen molar-refractivity contribution < 1.29 is 8.42 Å². The van der Waals surface area contributed by atoms with Gasteiger partial charge < -0.3 is 5.73 Å². The van der Waals surface area contributed by atoms with E-state index in [0.29, 0.717) is 17.1 Å². The second-order valence-corrected chi connectivity index (χ2v) is 9.21. The normalized spacial score (nSPS) is 29.5. The van der Waals surface area contributed by atoms with Gasteiger partial charge in [-0.15, -0.1) is 0 Å². The van der Waals surface area contributed by atoms with Gasteiger partial charge >= 0.3 is 0 Å². The van der Waals surface area contributed by atoms with Crippen molar-refractivity contribution in [3.63, 3.8) is 0 Å². The van der Waals surface area contributed by atoms with Gasteiger partial charge in [-0.25, -0.2) is 8.42 Å². The first-order valence-electron chi connectivity index (χ1n) is 6.61. The lowest BCUT2D eigenvalue weighted by atomic mass is 9.69. The van der Waals surface area contributed by atoms with Gasteiger partial charge in [0.1, 0.15) is 0 Å². The zero-order valence-corrected chi connectivity index (χ0v) is 12.4. The van der Waals surface area contributed by atoms with E-state index in [-0.39, 0.29) is 11.3 Å². The first-order chi connectivity index (χ1) is 7.64. The van der Waals surface area contributed by atoms with E-state index >= 15 is 0 Å². The molecule has 0 amide bonds. The van der Waals surface area contributed by atoms with Crippen LogP contribution in [-0.4, -0.2) is 25.5 Å². The molecule has 4 heteroatoms. The van der Waals surface area contributed by atoms with Crippen LogP contribution >= 0.6 is 0 Å². The van der Waals surface area contributed by atoms with Crippen molar-refractivity contribution in [2.45, 2.75) is 64.7 Å². The Morgan fingerprint density at radius 1 is 1.35 bits per heavy atom. The molecule has 2 unspecified atom stereocenters.